The molecule has 2 aromatic carbocycles. The minimum atomic E-state index is -0.178. The number of rotatable bonds is 9. The molecule has 2 atom stereocenters. The van der Waals surface area contributed by atoms with Crippen molar-refractivity contribution in [1.82, 2.24) is 15.1 Å². The van der Waals surface area contributed by atoms with Crippen molar-refractivity contribution in [3.05, 3.63) is 83.2 Å². The van der Waals surface area contributed by atoms with Gasteiger partial charge in [0.25, 0.3) is 5.91 Å². The summed E-state index contributed by atoms with van der Waals surface area (Å²) in [5.41, 5.74) is 3.89. The van der Waals surface area contributed by atoms with Crippen LogP contribution in [0.5, 0.6) is 5.75 Å². The minimum Gasteiger partial charge on any atom is -0.471 e. The van der Waals surface area contributed by atoms with Crippen molar-refractivity contribution < 1.29 is 9.53 Å². The lowest BCUT2D eigenvalue weighted by molar-refractivity contribution is 0.0928. The van der Waals surface area contributed by atoms with E-state index in [0.29, 0.717) is 11.6 Å². The molecule has 1 heterocycles. The largest absolute Gasteiger partial charge is 0.471 e. The monoisotopic (exact) mass is 405 g/mol. The summed E-state index contributed by atoms with van der Waals surface area (Å²) in [6.07, 6.45) is 3.68. The molecule has 1 N–H and O–H groups in total. The summed E-state index contributed by atoms with van der Waals surface area (Å²) in [7, 11) is 0. The normalized spacial score (nSPS) is 12.9. The highest BCUT2D eigenvalue weighted by Crippen LogP contribution is 2.23. The Morgan fingerprint density at radius 2 is 1.73 bits per heavy atom. The molecule has 0 bridgehead atoms. The van der Waals surface area contributed by atoms with Crippen LogP contribution >= 0.6 is 0 Å². The summed E-state index contributed by atoms with van der Waals surface area (Å²) in [4.78, 5) is 12.7. The molecule has 5 nitrogen and oxygen atoms in total. The molecule has 5 heteroatoms. The molecule has 30 heavy (non-hydrogen) atoms. The Morgan fingerprint density at radius 3 is 2.40 bits per heavy atom. The standard InChI is InChI=1S/C25H31N3O2/c1-5-18(3)20-11-13-21(14-12-20)22(6-2)26-25(29)23-15-16-28(27-23)17-30-24-10-8-7-9-19(24)4/h7-16,18,22H,5-6,17H2,1-4H3,(H,26,29). The molecule has 0 aliphatic heterocycles. The molecule has 1 amide bonds. The molecule has 0 saturated carbocycles. The number of carbonyl (C=O) groups excluding carboxylic acids is 1. The van der Waals surface area contributed by atoms with E-state index in [4.69, 9.17) is 4.74 Å². The van der Waals surface area contributed by atoms with Gasteiger partial charge in [0.1, 0.15) is 11.4 Å². The molecule has 0 radical (unpaired) electrons. The van der Waals surface area contributed by atoms with Crippen molar-refractivity contribution in [2.24, 2.45) is 0 Å². The zero-order chi connectivity index (χ0) is 21.5. The number of ether oxygens (including phenoxy) is 1. The van der Waals surface area contributed by atoms with Gasteiger partial charge in [0.15, 0.2) is 6.73 Å². The molecule has 0 aliphatic carbocycles. The molecule has 0 aliphatic rings. The Bertz CT molecular complexity index is 963. The number of aryl methyl sites for hydroxylation is 1. The average Bonchev–Trinajstić information content (AvgIpc) is 3.25. The van der Waals surface area contributed by atoms with Crippen LogP contribution in [0, 0.1) is 6.92 Å². The lowest BCUT2D eigenvalue weighted by Gasteiger charge is -2.18. The number of amides is 1. The first kappa shape index (κ1) is 21.6. The summed E-state index contributed by atoms with van der Waals surface area (Å²) in [5, 5.41) is 7.47. The first-order valence-electron chi connectivity index (χ1n) is 10.6. The van der Waals surface area contributed by atoms with Crippen LogP contribution in [0.15, 0.2) is 60.8 Å². The second kappa shape index (κ2) is 10.1. The van der Waals surface area contributed by atoms with Gasteiger partial charge in [0.05, 0.1) is 6.04 Å². The molecular formula is C25H31N3O2. The maximum Gasteiger partial charge on any atom is 0.272 e. The van der Waals surface area contributed by atoms with Crippen molar-refractivity contribution in [1.29, 1.82) is 0 Å². The van der Waals surface area contributed by atoms with Crippen molar-refractivity contribution in [3.8, 4) is 5.75 Å². The second-order valence-electron chi connectivity index (χ2n) is 7.69. The molecule has 3 rings (SSSR count). The van der Waals surface area contributed by atoms with Gasteiger partial charge in [-0.05, 0) is 54.5 Å². The van der Waals surface area contributed by atoms with Crippen LogP contribution in [0.2, 0.25) is 0 Å². The van der Waals surface area contributed by atoms with Gasteiger partial charge in [-0.1, -0.05) is 63.2 Å². The quantitative estimate of drug-likeness (QED) is 0.502. The topological polar surface area (TPSA) is 56.2 Å². The smallest absolute Gasteiger partial charge is 0.272 e. The summed E-state index contributed by atoms with van der Waals surface area (Å²) in [6, 6.07) is 18.1. The lowest BCUT2D eigenvalue weighted by Crippen LogP contribution is -2.28. The Hall–Kier alpha value is -3.08. The van der Waals surface area contributed by atoms with Gasteiger partial charge < -0.3 is 10.1 Å². The van der Waals surface area contributed by atoms with Gasteiger partial charge in [0, 0.05) is 6.20 Å². The fourth-order valence-electron chi connectivity index (χ4n) is 3.35. The van der Waals surface area contributed by atoms with Crippen LogP contribution in [0.4, 0.5) is 0 Å². The number of hydrogen-bond donors (Lipinski definition) is 1. The highest BCUT2D eigenvalue weighted by Gasteiger charge is 2.17. The third-order valence-electron chi connectivity index (χ3n) is 5.55. The molecule has 3 aromatic rings. The van der Waals surface area contributed by atoms with Gasteiger partial charge in [0.2, 0.25) is 0 Å². The Labute approximate surface area is 179 Å². The van der Waals surface area contributed by atoms with E-state index >= 15 is 0 Å². The van der Waals surface area contributed by atoms with Crippen molar-refractivity contribution in [2.75, 3.05) is 0 Å². The van der Waals surface area contributed by atoms with Gasteiger partial charge in [-0.2, -0.15) is 5.10 Å². The fourth-order valence-corrected chi connectivity index (χ4v) is 3.35. The highest BCUT2D eigenvalue weighted by atomic mass is 16.5. The van der Waals surface area contributed by atoms with Crippen molar-refractivity contribution in [2.45, 2.75) is 59.2 Å². The fraction of sp³-hybridized carbons (Fsp3) is 0.360. The summed E-state index contributed by atoms with van der Waals surface area (Å²) >= 11 is 0. The number of nitrogens with zero attached hydrogens (tertiary/aromatic N) is 2. The van der Waals surface area contributed by atoms with E-state index in [1.165, 1.54) is 5.56 Å². The van der Waals surface area contributed by atoms with E-state index < -0.39 is 0 Å². The van der Waals surface area contributed by atoms with Crippen molar-refractivity contribution >= 4 is 5.91 Å². The molecule has 2 unspecified atom stereocenters. The predicted molar refractivity (Wildman–Crippen MR) is 120 cm³/mol. The van der Waals surface area contributed by atoms with Crippen LogP contribution in [-0.4, -0.2) is 15.7 Å². The number of aromatic nitrogens is 2. The minimum absolute atomic E-state index is 0.0446. The SMILES string of the molecule is CCC(C)c1ccc(C(CC)NC(=O)c2ccn(COc3ccccc3C)n2)cc1. The molecular weight excluding hydrogens is 374 g/mol. The Morgan fingerprint density at radius 1 is 1.03 bits per heavy atom. The van der Waals surface area contributed by atoms with Crippen LogP contribution in [0.3, 0.4) is 0 Å². The predicted octanol–water partition coefficient (Wildman–Crippen LogP) is 5.62. The van der Waals surface area contributed by atoms with Crippen molar-refractivity contribution in [3.63, 3.8) is 0 Å². The van der Waals surface area contributed by atoms with E-state index in [9.17, 15) is 4.79 Å². The van der Waals surface area contributed by atoms with Crippen LogP contribution in [0.1, 0.15) is 72.8 Å². The molecule has 0 fully saturated rings. The Balaban J connectivity index is 1.61. The number of para-hydroxylation sites is 1. The van der Waals surface area contributed by atoms with E-state index in [2.05, 4.69) is 55.5 Å². The number of carbonyl (C=O) groups is 1. The first-order valence-corrected chi connectivity index (χ1v) is 10.6. The summed E-state index contributed by atoms with van der Waals surface area (Å²) < 4.78 is 7.42. The van der Waals surface area contributed by atoms with Gasteiger partial charge in [-0.25, -0.2) is 4.68 Å². The Kier molecular flexibility index (Phi) is 7.28. The third kappa shape index (κ3) is 5.29. The van der Waals surface area contributed by atoms with E-state index in [1.54, 1.807) is 16.9 Å². The van der Waals surface area contributed by atoms with E-state index in [-0.39, 0.29) is 18.7 Å². The number of benzene rings is 2. The number of hydrogen-bond acceptors (Lipinski definition) is 3. The van der Waals surface area contributed by atoms with E-state index in [1.807, 2.05) is 31.2 Å². The van der Waals surface area contributed by atoms with Crippen LogP contribution < -0.4 is 10.1 Å². The zero-order valence-corrected chi connectivity index (χ0v) is 18.3. The summed E-state index contributed by atoms with van der Waals surface area (Å²) in [5.74, 6) is 1.17. The third-order valence-corrected chi connectivity index (χ3v) is 5.55. The van der Waals surface area contributed by atoms with E-state index in [0.717, 1.165) is 29.7 Å². The molecule has 1 aromatic heterocycles. The van der Waals surface area contributed by atoms with Crippen LogP contribution in [0.25, 0.3) is 0 Å². The lowest BCUT2D eigenvalue weighted by atomic mass is 9.95. The summed E-state index contributed by atoms with van der Waals surface area (Å²) in [6.45, 7) is 8.75. The second-order valence-corrected chi connectivity index (χ2v) is 7.69. The number of nitrogens with one attached hydrogen (secondary N) is 1. The molecule has 0 saturated heterocycles. The zero-order valence-electron chi connectivity index (χ0n) is 18.3. The van der Waals surface area contributed by atoms with Crippen LogP contribution in [-0.2, 0) is 6.73 Å². The molecule has 158 valence electrons. The van der Waals surface area contributed by atoms with Gasteiger partial charge in [-0.15, -0.1) is 0 Å². The highest BCUT2D eigenvalue weighted by molar-refractivity contribution is 5.92. The average molecular weight is 406 g/mol. The molecule has 0 spiro atoms. The maximum absolute atomic E-state index is 12.7. The van der Waals surface area contributed by atoms with Gasteiger partial charge >= 0.3 is 0 Å². The first-order chi connectivity index (χ1) is 14.5. The van der Waals surface area contributed by atoms with Gasteiger partial charge in [-0.3, -0.25) is 4.79 Å². The maximum atomic E-state index is 12.7.